The van der Waals surface area contributed by atoms with Crippen LogP contribution in [-0.4, -0.2) is 53.3 Å². The van der Waals surface area contributed by atoms with E-state index in [2.05, 4.69) is 30.4 Å². The molecule has 3 saturated carbocycles. The molecule has 5 rings (SSSR count). The van der Waals surface area contributed by atoms with E-state index >= 15 is 0 Å². The number of aliphatic carboxylic acids is 1. The zero-order chi connectivity index (χ0) is 29.6. The molecule has 1 amide bonds. The molecule has 0 spiro atoms. The van der Waals surface area contributed by atoms with Crippen LogP contribution in [0.15, 0.2) is 16.8 Å². The summed E-state index contributed by atoms with van der Waals surface area (Å²) in [5, 5.41) is 16.7. The smallest absolute Gasteiger partial charge is 0.305 e. The number of fused-ring (bicyclic) bond motifs is 5. The van der Waals surface area contributed by atoms with E-state index in [0.29, 0.717) is 36.6 Å². The predicted octanol–water partition coefficient (Wildman–Crippen LogP) is 5.69. The monoisotopic (exact) mass is 570 g/mol. The minimum atomic E-state index is -0.929. The van der Waals surface area contributed by atoms with Crippen molar-refractivity contribution in [2.24, 2.45) is 45.6 Å². The summed E-state index contributed by atoms with van der Waals surface area (Å²) >= 11 is 0. The number of carbonyl (C=O) groups excluding carboxylic acids is 2. The number of nitrogens with zero attached hydrogens (tertiary/aromatic N) is 1. The molecule has 1 saturated heterocycles. The second-order valence-corrected chi connectivity index (χ2v) is 14.8. The fourth-order valence-electron chi connectivity index (χ4n) is 9.88. The van der Waals surface area contributed by atoms with Crippen LogP contribution >= 0.6 is 0 Å². The normalized spacial score (nSPS) is 39.5. The lowest BCUT2D eigenvalue weighted by atomic mass is 9.46. The van der Waals surface area contributed by atoms with Gasteiger partial charge in [0.15, 0.2) is 6.61 Å². The van der Waals surface area contributed by atoms with Crippen LogP contribution in [0.5, 0.6) is 0 Å². The Morgan fingerprint density at radius 1 is 1.07 bits per heavy atom. The van der Waals surface area contributed by atoms with Crippen molar-refractivity contribution in [2.75, 3.05) is 13.2 Å². The lowest BCUT2D eigenvalue weighted by molar-refractivity contribution is -0.140. The molecule has 228 valence electrons. The minimum Gasteiger partial charge on any atom is -0.481 e. The number of carboxylic acid groups (broad SMARTS) is 1. The lowest BCUT2D eigenvalue weighted by Gasteiger charge is -2.58. The summed E-state index contributed by atoms with van der Waals surface area (Å²) in [7, 11) is 0. The molecule has 1 heterocycles. The summed E-state index contributed by atoms with van der Waals surface area (Å²) in [4.78, 5) is 42.2. The molecule has 1 aliphatic heterocycles. The molecule has 5 aliphatic rings. The number of ether oxygens (including phenoxy) is 1. The van der Waals surface area contributed by atoms with Crippen LogP contribution in [-0.2, 0) is 24.0 Å². The van der Waals surface area contributed by atoms with Gasteiger partial charge in [0.1, 0.15) is 5.78 Å². The second-order valence-electron chi connectivity index (χ2n) is 14.8. The number of ketones is 1. The van der Waals surface area contributed by atoms with Gasteiger partial charge in [-0.05, 0) is 126 Å². The van der Waals surface area contributed by atoms with Gasteiger partial charge in [0.25, 0.3) is 5.91 Å². The molecule has 8 nitrogen and oxygen atoms in total. The average molecular weight is 571 g/mol. The Balaban J connectivity index is 1.19. The van der Waals surface area contributed by atoms with E-state index in [1.54, 1.807) is 6.92 Å². The van der Waals surface area contributed by atoms with E-state index in [4.69, 9.17) is 9.57 Å². The molecule has 8 atom stereocenters. The molecule has 41 heavy (non-hydrogen) atoms. The third-order valence-corrected chi connectivity index (χ3v) is 11.9. The van der Waals surface area contributed by atoms with Crippen LogP contribution in [0.1, 0.15) is 105 Å². The highest BCUT2D eigenvalue weighted by molar-refractivity contribution is 5.96. The Labute approximate surface area is 245 Å². The van der Waals surface area contributed by atoms with E-state index in [1.807, 2.05) is 13.8 Å². The number of amides is 1. The van der Waals surface area contributed by atoms with E-state index in [1.165, 1.54) is 24.8 Å². The van der Waals surface area contributed by atoms with Gasteiger partial charge in [-0.15, -0.1) is 0 Å². The Morgan fingerprint density at radius 3 is 2.56 bits per heavy atom. The summed E-state index contributed by atoms with van der Waals surface area (Å²) in [5.74, 6) is 1.39. The molecular formula is C33H50N2O6. The maximum absolute atomic E-state index is 12.7. The van der Waals surface area contributed by atoms with E-state index in [-0.39, 0.29) is 47.2 Å². The highest BCUT2D eigenvalue weighted by atomic mass is 16.6. The van der Waals surface area contributed by atoms with Crippen molar-refractivity contribution in [2.45, 2.75) is 117 Å². The minimum absolute atomic E-state index is 0.0382. The summed E-state index contributed by atoms with van der Waals surface area (Å²) in [5.41, 5.74) is 2.35. The summed E-state index contributed by atoms with van der Waals surface area (Å²) in [6, 6.07) is -0.463. The molecule has 8 heteroatoms. The number of nitrogens with one attached hydrogen (secondary N) is 1. The standard InChI is InChI=1S/C33H50N2O6/c1-20(36)25-8-9-26-24-7-6-22-16-23(10-13-32(22,4)27(24)11-14-33(25,26)5)35-41-19-29(37)34-28(17-30(38)39)21-12-15-40-31(2,3)18-21/h16,21,24-28H,6-15,17-19H2,1-5H3,(H,34,37)(H,38,39)/b35-23+/t21?,24?,25?,26?,27?,28?,32-,33+/m0/s1. The lowest BCUT2D eigenvalue weighted by Crippen LogP contribution is -2.51. The van der Waals surface area contributed by atoms with Gasteiger partial charge in [-0.2, -0.15) is 0 Å². The first-order valence-corrected chi connectivity index (χ1v) is 15.9. The number of rotatable bonds is 8. The first-order chi connectivity index (χ1) is 19.3. The van der Waals surface area contributed by atoms with Crippen molar-refractivity contribution >= 4 is 23.4 Å². The Kier molecular flexibility index (Phi) is 8.45. The molecule has 6 unspecified atom stereocenters. The maximum atomic E-state index is 12.7. The molecule has 0 radical (unpaired) electrons. The molecule has 4 aliphatic carbocycles. The first-order valence-electron chi connectivity index (χ1n) is 15.9. The van der Waals surface area contributed by atoms with Gasteiger partial charge in [-0.3, -0.25) is 14.4 Å². The highest BCUT2D eigenvalue weighted by Gasteiger charge is 2.59. The SMILES string of the molecule is CC(=O)C1CCC2C3CCC4=C/C(=N/OCC(=O)NC(CC(=O)O)C5CCOC(C)(C)C5)CC[C@]4(C)C3CC[C@]12C. The Hall–Kier alpha value is -2.22. The molecule has 0 aromatic heterocycles. The van der Waals surface area contributed by atoms with E-state index < -0.39 is 12.0 Å². The summed E-state index contributed by atoms with van der Waals surface area (Å²) in [6.45, 7) is 11.0. The van der Waals surface area contributed by atoms with Crippen LogP contribution in [0.4, 0.5) is 0 Å². The van der Waals surface area contributed by atoms with Crippen molar-refractivity contribution < 1.29 is 29.1 Å². The Morgan fingerprint density at radius 2 is 1.85 bits per heavy atom. The number of Topliss-reactive ketones (excluding diaryl/α,β-unsaturated/α-hetero) is 1. The number of carboxylic acids is 1. The van der Waals surface area contributed by atoms with Crippen molar-refractivity contribution in [1.29, 1.82) is 0 Å². The number of allylic oxidation sites excluding steroid dienone is 2. The number of oxime groups is 1. The van der Waals surface area contributed by atoms with Gasteiger partial charge in [0, 0.05) is 18.6 Å². The topological polar surface area (TPSA) is 114 Å². The number of carbonyl (C=O) groups is 3. The number of hydrogen-bond acceptors (Lipinski definition) is 6. The third kappa shape index (κ3) is 6.00. The summed E-state index contributed by atoms with van der Waals surface area (Å²) < 4.78 is 5.78. The number of hydrogen-bond donors (Lipinski definition) is 2. The highest BCUT2D eigenvalue weighted by Crippen LogP contribution is 2.66. The largest absolute Gasteiger partial charge is 0.481 e. The van der Waals surface area contributed by atoms with E-state index in [0.717, 1.165) is 44.2 Å². The van der Waals surface area contributed by atoms with Crippen LogP contribution in [0.3, 0.4) is 0 Å². The van der Waals surface area contributed by atoms with Gasteiger partial charge in [-0.1, -0.05) is 24.6 Å². The zero-order valence-corrected chi connectivity index (χ0v) is 25.7. The van der Waals surface area contributed by atoms with Crippen LogP contribution < -0.4 is 5.32 Å². The van der Waals surface area contributed by atoms with Crippen LogP contribution in [0.25, 0.3) is 0 Å². The fraction of sp³-hybridized carbons (Fsp3) is 0.818. The third-order valence-electron chi connectivity index (χ3n) is 11.9. The van der Waals surface area contributed by atoms with Gasteiger partial charge in [-0.25, -0.2) is 0 Å². The van der Waals surface area contributed by atoms with Crippen molar-refractivity contribution in [3.8, 4) is 0 Å². The second kappa shape index (κ2) is 11.5. The van der Waals surface area contributed by atoms with Crippen LogP contribution in [0, 0.1) is 40.4 Å². The molecule has 4 fully saturated rings. The Bertz CT molecular complexity index is 1110. The molecule has 0 aromatic rings. The zero-order valence-electron chi connectivity index (χ0n) is 25.7. The predicted molar refractivity (Wildman–Crippen MR) is 156 cm³/mol. The molecule has 2 N–H and O–H groups in total. The fourth-order valence-corrected chi connectivity index (χ4v) is 9.88. The van der Waals surface area contributed by atoms with Crippen molar-refractivity contribution in [1.82, 2.24) is 5.32 Å². The molecule has 0 bridgehead atoms. The first kappa shape index (κ1) is 30.2. The van der Waals surface area contributed by atoms with E-state index in [9.17, 15) is 19.5 Å². The molecular weight excluding hydrogens is 520 g/mol. The van der Waals surface area contributed by atoms with Crippen molar-refractivity contribution in [3.63, 3.8) is 0 Å². The quantitative estimate of drug-likeness (QED) is 0.362. The van der Waals surface area contributed by atoms with Gasteiger partial charge in [0.05, 0.1) is 17.7 Å². The van der Waals surface area contributed by atoms with Gasteiger partial charge >= 0.3 is 5.97 Å². The summed E-state index contributed by atoms with van der Waals surface area (Å²) in [6.07, 6.45) is 12.2. The molecule has 0 aromatic carbocycles. The maximum Gasteiger partial charge on any atom is 0.305 e. The van der Waals surface area contributed by atoms with Gasteiger partial charge < -0.3 is 20.0 Å². The van der Waals surface area contributed by atoms with Crippen molar-refractivity contribution in [3.05, 3.63) is 11.6 Å². The van der Waals surface area contributed by atoms with Gasteiger partial charge in [0.2, 0.25) is 0 Å². The average Bonchev–Trinajstić information content (AvgIpc) is 3.25. The van der Waals surface area contributed by atoms with Crippen LogP contribution in [0.2, 0.25) is 0 Å².